The Morgan fingerprint density at radius 2 is 1.42 bits per heavy atom. The van der Waals surface area contributed by atoms with E-state index in [-0.39, 0.29) is 0 Å². The molecule has 146 valence electrons. The minimum atomic E-state index is -1.57. The highest BCUT2D eigenvalue weighted by molar-refractivity contribution is 5.34. The molecule has 7 heteroatoms. The summed E-state index contributed by atoms with van der Waals surface area (Å²) in [4.78, 5) is 0. The topological polar surface area (TPSA) is 81.4 Å². The first-order chi connectivity index (χ1) is 12.5. The smallest absolute Gasteiger partial charge is 0.262 e. The van der Waals surface area contributed by atoms with Gasteiger partial charge in [0.05, 0.1) is 6.04 Å². The lowest BCUT2D eigenvalue weighted by atomic mass is 9.71. The van der Waals surface area contributed by atoms with Crippen LogP contribution < -0.4 is 5.73 Å². The second kappa shape index (κ2) is 8.14. The maximum Gasteiger partial charge on any atom is 0.262 e. The molecule has 0 amide bonds. The second-order valence-electron chi connectivity index (χ2n) is 6.00. The van der Waals surface area contributed by atoms with Crippen molar-refractivity contribution in [3.63, 3.8) is 0 Å². The quantitative estimate of drug-likeness (QED) is 0.552. The van der Waals surface area contributed by atoms with Gasteiger partial charge in [0.1, 0.15) is 6.10 Å². The molecule has 0 heterocycles. The average molecular weight is 367 g/mol. The molecule has 7 nitrogen and oxygen atoms in total. The zero-order valence-corrected chi connectivity index (χ0v) is 16.2. The third kappa shape index (κ3) is 2.63. The van der Waals surface area contributed by atoms with Crippen LogP contribution in [0.4, 0.5) is 0 Å². The molecule has 2 rings (SSSR count). The molecular weight excluding hydrogens is 338 g/mol. The Hall–Kier alpha value is -1.32. The van der Waals surface area contributed by atoms with Crippen molar-refractivity contribution in [2.24, 2.45) is 5.73 Å². The molecule has 0 saturated heterocycles. The third-order valence-corrected chi connectivity index (χ3v) is 5.26. The van der Waals surface area contributed by atoms with Crippen molar-refractivity contribution >= 4 is 0 Å². The number of benzene rings is 1. The fraction of sp³-hybridized carbons (Fsp3) is 0.579. The molecule has 0 radical (unpaired) electrons. The predicted molar refractivity (Wildman–Crippen MR) is 96.5 cm³/mol. The molecule has 0 aliphatic heterocycles. The van der Waals surface area contributed by atoms with E-state index in [4.69, 9.17) is 34.2 Å². The van der Waals surface area contributed by atoms with Gasteiger partial charge in [-0.25, -0.2) is 0 Å². The Morgan fingerprint density at radius 3 is 1.85 bits per heavy atom. The van der Waals surface area contributed by atoms with E-state index in [0.717, 1.165) is 5.56 Å². The van der Waals surface area contributed by atoms with Gasteiger partial charge in [-0.2, -0.15) is 0 Å². The summed E-state index contributed by atoms with van der Waals surface area (Å²) < 4.78 is 34.9. The van der Waals surface area contributed by atoms with Crippen LogP contribution in [0.15, 0.2) is 42.5 Å². The van der Waals surface area contributed by atoms with Crippen LogP contribution in [0.5, 0.6) is 0 Å². The molecule has 3 atom stereocenters. The summed E-state index contributed by atoms with van der Waals surface area (Å²) in [5.74, 6) is -3.04. The first-order valence-electron chi connectivity index (χ1n) is 8.27. The van der Waals surface area contributed by atoms with Crippen LogP contribution >= 0.6 is 0 Å². The molecule has 0 fully saturated rings. The number of ether oxygens (including phenoxy) is 6. The van der Waals surface area contributed by atoms with Crippen molar-refractivity contribution in [2.75, 3.05) is 42.7 Å². The average Bonchev–Trinajstić information content (AvgIpc) is 2.72. The van der Waals surface area contributed by atoms with Gasteiger partial charge in [-0.1, -0.05) is 36.4 Å². The normalized spacial score (nSPS) is 28.0. The van der Waals surface area contributed by atoms with E-state index < -0.39 is 29.3 Å². The van der Waals surface area contributed by atoms with Gasteiger partial charge in [0.25, 0.3) is 11.6 Å². The molecule has 1 aliphatic rings. The lowest BCUT2D eigenvalue weighted by Gasteiger charge is -2.59. The molecule has 1 aliphatic carbocycles. The summed E-state index contributed by atoms with van der Waals surface area (Å²) in [6.07, 6.45) is 2.96. The van der Waals surface area contributed by atoms with Gasteiger partial charge in [0.2, 0.25) is 0 Å². The molecule has 0 bridgehead atoms. The van der Waals surface area contributed by atoms with Crippen molar-refractivity contribution in [1.29, 1.82) is 0 Å². The molecule has 0 spiro atoms. The summed E-state index contributed by atoms with van der Waals surface area (Å²) in [6, 6.07) is 8.92. The van der Waals surface area contributed by atoms with Gasteiger partial charge in [0.15, 0.2) is 5.60 Å². The standard InChI is InChI=1S/C19H29NO6/c1-21-15-12-13-17(22-2,16(20)14-10-8-7-9-11-14)19(25-5,26-6)18(15,23-3)24-4/h7-13,15-16H,20H2,1-6H3. The second-order valence-corrected chi connectivity index (χ2v) is 6.00. The summed E-state index contributed by atoms with van der Waals surface area (Å²) in [7, 11) is 9.07. The largest absolute Gasteiger partial charge is 0.371 e. The Balaban J connectivity index is 2.78. The van der Waals surface area contributed by atoms with Crippen LogP contribution in [0.1, 0.15) is 11.6 Å². The lowest BCUT2D eigenvalue weighted by molar-refractivity contribution is -0.450. The fourth-order valence-corrected chi connectivity index (χ4v) is 3.98. The van der Waals surface area contributed by atoms with Crippen molar-refractivity contribution in [1.82, 2.24) is 0 Å². The Bertz CT molecular complexity index is 599. The minimum absolute atomic E-state index is 0.622. The van der Waals surface area contributed by atoms with Crippen molar-refractivity contribution in [3.8, 4) is 0 Å². The van der Waals surface area contributed by atoms with Crippen LogP contribution in [0.25, 0.3) is 0 Å². The molecule has 0 saturated carbocycles. The first kappa shape index (κ1) is 21.0. The van der Waals surface area contributed by atoms with Crippen LogP contribution in [0, 0.1) is 0 Å². The highest BCUT2D eigenvalue weighted by Crippen LogP contribution is 2.52. The molecule has 1 aromatic rings. The molecule has 26 heavy (non-hydrogen) atoms. The number of hydrogen-bond donors (Lipinski definition) is 1. The van der Waals surface area contributed by atoms with E-state index in [9.17, 15) is 0 Å². The first-order valence-corrected chi connectivity index (χ1v) is 8.27. The monoisotopic (exact) mass is 367 g/mol. The van der Waals surface area contributed by atoms with E-state index in [2.05, 4.69) is 0 Å². The van der Waals surface area contributed by atoms with Gasteiger partial charge >= 0.3 is 0 Å². The van der Waals surface area contributed by atoms with Gasteiger partial charge in [-0.3, -0.25) is 0 Å². The van der Waals surface area contributed by atoms with Crippen molar-refractivity contribution < 1.29 is 28.4 Å². The van der Waals surface area contributed by atoms with E-state index in [1.165, 1.54) is 28.4 Å². The fourth-order valence-electron chi connectivity index (χ4n) is 3.98. The van der Waals surface area contributed by atoms with Crippen LogP contribution in [-0.2, 0) is 28.4 Å². The maximum absolute atomic E-state index is 6.67. The van der Waals surface area contributed by atoms with E-state index in [0.29, 0.717) is 0 Å². The Kier molecular flexibility index (Phi) is 6.57. The van der Waals surface area contributed by atoms with Crippen molar-refractivity contribution in [2.45, 2.75) is 29.3 Å². The Labute approximate surface area is 155 Å². The summed E-state index contributed by atoms with van der Waals surface area (Å²) in [6.45, 7) is 0. The van der Waals surface area contributed by atoms with Crippen molar-refractivity contribution in [3.05, 3.63) is 48.0 Å². The zero-order chi connectivity index (χ0) is 19.4. The number of rotatable bonds is 8. The zero-order valence-electron chi connectivity index (χ0n) is 16.2. The van der Waals surface area contributed by atoms with E-state index >= 15 is 0 Å². The van der Waals surface area contributed by atoms with Crippen LogP contribution in [0.2, 0.25) is 0 Å². The predicted octanol–water partition coefficient (Wildman–Crippen LogP) is 1.63. The Morgan fingerprint density at radius 1 is 0.846 bits per heavy atom. The lowest BCUT2D eigenvalue weighted by Crippen LogP contribution is -2.78. The van der Waals surface area contributed by atoms with Gasteiger partial charge in [-0.15, -0.1) is 0 Å². The van der Waals surface area contributed by atoms with E-state index in [1.807, 2.05) is 30.3 Å². The van der Waals surface area contributed by atoms with Crippen LogP contribution in [-0.4, -0.2) is 65.9 Å². The third-order valence-electron chi connectivity index (χ3n) is 5.26. The highest BCUT2D eigenvalue weighted by atomic mass is 16.8. The highest BCUT2D eigenvalue weighted by Gasteiger charge is 2.73. The SMILES string of the molecule is COC1C=CC(OC)(C(N)c2ccccc2)C(OC)(OC)C1(OC)OC. The number of nitrogens with two attached hydrogens (primary N) is 1. The molecule has 0 aromatic heterocycles. The molecule has 3 unspecified atom stereocenters. The molecular formula is C19H29NO6. The van der Waals surface area contributed by atoms with Crippen LogP contribution in [0.3, 0.4) is 0 Å². The molecule has 1 aromatic carbocycles. The summed E-state index contributed by atoms with van der Waals surface area (Å²) >= 11 is 0. The number of hydrogen-bond acceptors (Lipinski definition) is 7. The minimum Gasteiger partial charge on any atom is -0.371 e. The summed E-state index contributed by atoms with van der Waals surface area (Å²) in [5.41, 5.74) is 6.25. The van der Waals surface area contributed by atoms with E-state index in [1.54, 1.807) is 26.4 Å². The number of methoxy groups -OCH3 is 6. The van der Waals surface area contributed by atoms with Gasteiger partial charge < -0.3 is 34.2 Å². The maximum atomic E-state index is 6.67. The van der Waals surface area contributed by atoms with Gasteiger partial charge in [0, 0.05) is 42.7 Å². The molecule has 2 N–H and O–H groups in total. The summed E-state index contributed by atoms with van der Waals surface area (Å²) in [5, 5.41) is 0. The van der Waals surface area contributed by atoms with Gasteiger partial charge in [-0.05, 0) is 11.6 Å².